The van der Waals surface area contributed by atoms with Crippen LogP contribution in [0.5, 0.6) is 0 Å². The quantitative estimate of drug-likeness (QED) is 0.839. The van der Waals surface area contributed by atoms with Crippen molar-refractivity contribution < 1.29 is 0 Å². The van der Waals surface area contributed by atoms with Crippen LogP contribution in [0.2, 0.25) is 0 Å². The zero-order valence-corrected chi connectivity index (χ0v) is 10.4. The van der Waals surface area contributed by atoms with Gasteiger partial charge < -0.3 is 5.32 Å². The van der Waals surface area contributed by atoms with Crippen molar-refractivity contribution in [1.29, 1.82) is 0 Å². The zero-order valence-electron chi connectivity index (χ0n) is 10.4. The van der Waals surface area contributed by atoms with Gasteiger partial charge in [0.05, 0.1) is 0 Å². The maximum absolute atomic E-state index is 3.70. The number of likely N-dealkylation sites (tertiary alicyclic amines) is 1. The number of piperidine rings is 2. The van der Waals surface area contributed by atoms with Gasteiger partial charge in [0, 0.05) is 18.6 Å². The molecule has 2 aliphatic rings. The van der Waals surface area contributed by atoms with E-state index in [9.17, 15) is 0 Å². The standard InChI is InChI=1S/C15H22N2/c1-2-6-13(7-3-1)12-17-11-5-8-14-15(17)9-4-10-16-14/h1-3,6-7,14-16H,4-5,8-12H2/t14-,15-/m0/s1. The van der Waals surface area contributed by atoms with Gasteiger partial charge in [-0.15, -0.1) is 0 Å². The number of rotatable bonds is 2. The van der Waals surface area contributed by atoms with Crippen molar-refractivity contribution in [3.05, 3.63) is 35.9 Å². The lowest BCUT2D eigenvalue weighted by Crippen LogP contribution is -2.56. The summed E-state index contributed by atoms with van der Waals surface area (Å²) in [6, 6.07) is 12.4. The molecule has 1 aromatic rings. The number of hydrogen-bond acceptors (Lipinski definition) is 2. The summed E-state index contributed by atoms with van der Waals surface area (Å²) in [4.78, 5) is 2.69. The molecule has 2 heteroatoms. The molecule has 0 aromatic heterocycles. The van der Waals surface area contributed by atoms with Crippen LogP contribution in [0.3, 0.4) is 0 Å². The van der Waals surface area contributed by atoms with E-state index in [0.29, 0.717) is 0 Å². The van der Waals surface area contributed by atoms with Gasteiger partial charge in [-0.2, -0.15) is 0 Å². The number of hydrogen-bond donors (Lipinski definition) is 1. The molecule has 2 fully saturated rings. The third-order valence-electron chi connectivity index (χ3n) is 4.21. The van der Waals surface area contributed by atoms with Gasteiger partial charge in [-0.05, 0) is 44.3 Å². The van der Waals surface area contributed by atoms with Gasteiger partial charge in [0.25, 0.3) is 0 Å². The second-order valence-electron chi connectivity index (χ2n) is 5.37. The first-order valence-corrected chi connectivity index (χ1v) is 6.95. The lowest BCUT2D eigenvalue weighted by Gasteiger charge is -2.44. The highest BCUT2D eigenvalue weighted by Crippen LogP contribution is 2.25. The molecule has 1 N–H and O–H groups in total. The number of nitrogens with zero attached hydrogens (tertiary/aromatic N) is 1. The van der Waals surface area contributed by atoms with Crippen molar-refractivity contribution in [3.8, 4) is 0 Å². The van der Waals surface area contributed by atoms with E-state index in [2.05, 4.69) is 40.5 Å². The van der Waals surface area contributed by atoms with Gasteiger partial charge in [0.15, 0.2) is 0 Å². The molecule has 0 unspecified atom stereocenters. The Morgan fingerprint density at radius 1 is 1.12 bits per heavy atom. The normalized spacial score (nSPS) is 29.9. The molecular formula is C15H22N2. The maximum Gasteiger partial charge on any atom is 0.0253 e. The van der Waals surface area contributed by atoms with Gasteiger partial charge in [0.1, 0.15) is 0 Å². The van der Waals surface area contributed by atoms with Crippen LogP contribution in [-0.2, 0) is 6.54 Å². The fourth-order valence-corrected chi connectivity index (χ4v) is 3.36. The topological polar surface area (TPSA) is 15.3 Å². The molecule has 1 aromatic carbocycles. The summed E-state index contributed by atoms with van der Waals surface area (Å²) in [5, 5.41) is 3.70. The fourth-order valence-electron chi connectivity index (χ4n) is 3.36. The molecule has 2 heterocycles. The summed E-state index contributed by atoms with van der Waals surface area (Å²) in [5.74, 6) is 0. The Hall–Kier alpha value is -0.860. The molecule has 2 aliphatic heterocycles. The third-order valence-corrected chi connectivity index (χ3v) is 4.21. The fraction of sp³-hybridized carbons (Fsp3) is 0.600. The van der Waals surface area contributed by atoms with Gasteiger partial charge >= 0.3 is 0 Å². The Labute approximate surface area is 104 Å². The van der Waals surface area contributed by atoms with E-state index in [1.807, 2.05) is 0 Å². The summed E-state index contributed by atoms with van der Waals surface area (Å²) in [5.41, 5.74) is 1.46. The lowest BCUT2D eigenvalue weighted by atomic mass is 9.89. The third kappa shape index (κ3) is 2.53. The average Bonchev–Trinajstić information content (AvgIpc) is 2.40. The monoisotopic (exact) mass is 230 g/mol. The number of benzene rings is 1. The lowest BCUT2D eigenvalue weighted by molar-refractivity contribution is 0.0802. The number of nitrogens with one attached hydrogen (secondary N) is 1. The van der Waals surface area contributed by atoms with Crippen molar-refractivity contribution in [2.45, 2.75) is 44.3 Å². The largest absolute Gasteiger partial charge is 0.312 e. The van der Waals surface area contributed by atoms with Gasteiger partial charge in [-0.1, -0.05) is 30.3 Å². The molecule has 0 bridgehead atoms. The highest BCUT2D eigenvalue weighted by Gasteiger charge is 2.32. The van der Waals surface area contributed by atoms with Crippen molar-refractivity contribution in [2.75, 3.05) is 13.1 Å². The molecule has 92 valence electrons. The predicted molar refractivity (Wildman–Crippen MR) is 70.9 cm³/mol. The van der Waals surface area contributed by atoms with Gasteiger partial charge in [-0.3, -0.25) is 4.90 Å². The second-order valence-corrected chi connectivity index (χ2v) is 5.37. The Bertz CT molecular complexity index is 347. The first-order valence-electron chi connectivity index (χ1n) is 6.95. The van der Waals surface area contributed by atoms with Crippen molar-refractivity contribution in [2.24, 2.45) is 0 Å². The van der Waals surface area contributed by atoms with Crippen LogP contribution in [0.15, 0.2) is 30.3 Å². The van der Waals surface area contributed by atoms with Crippen molar-refractivity contribution >= 4 is 0 Å². The summed E-state index contributed by atoms with van der Waals surface area (Å²) in [6.45, 7) is 3.63. The van der Waals surface area contributed by atoms with E-state index in [0.717, 1.165) is 18.6 Å². The van der Waals surface area contributed by atoms with E-state index in [4.69, 9.17) is 0 Å². The SMILES string of the molecule is c1ccc(CN2CCC[C@@H]3NCCC[C@@H]32)cc1. The predicted octanol–water partition coefficient (Wildman–Crippen LogP) is 2.40. The maximum atomic E-state index is 3.70. The molecule has 0 aliphatic carbocycles. The minimum absolute atomic E-state index is 0.751. The molecule has 0 amide bonds. The van der Waals surface area contributed by atoms with Crippen LogP contribution < -0.4 is 5.32 Å². The highest BCUT2D eigenvalue weighted by atomic mass is 15.2. The van der Waals surface area contributed by atoms with E-state index >= 15 is 0 Å². The average molecular weight is 230 g/mol. The molecule has 3 rings (SSSR count). The van der Waals surface area contributed by atoms with Crippen molar-refractivity contribution in [1.82, 2.24) is 10.2 Å². The zero-order chi connectivity index (χ0) is 11.5. The molecule has 17 heavy (non-hydrogen) atoms. The van der Waals surface area contributed by atoms with E-state index in [1.165, 1.54) is 44.3 Å². The molecular weight excluding hydrogens is 208 g/mol. The minimum Gasteiger partial charge on any atom is -0.312 e. The van der Waals surface area contributed by atoms with Crippen LogP contribution in [0, 0.1) is 0 Å². The van der Waals surface area contributed by atoms with Crippen LogP contribution in [0.4, 0.5) is 0 Å². The van der Waals surface area contributed by atoms with E-state index < -0.39 is 0 Å². The second kappa shape index (κ2) is 5.19. The smallest absolute Gasteiger partial charge is 0.0253 e. The minimum atomic E-state index is 0.751. The molecule has 0 spiro atoms. The number of fused-ring (bicyclic) bond motifs is 1. The Balaban J connectivity index is 1.69. The Kier molecular flexibility index (Phi) is 3.44. The summed E-state index contributed by atoms with van der Waals surface area (Å²) < 4.78 is 0. The first-order chi connectivity index (χ1) is 8.43. The van der Waals surface area contributed by atoms with Crippen LogP contribution in [-0.4, -0.2) is 30.1 Å². The van der Waals surface area contributed by atoms with Crippen LogP contribution in [0.1, 0.15) is 31.2 Å². The molecule has 0 saturated carbocycles. The first kappa shape index (κ1) is 11.2. The van der Waals surface area contributed by atoms with Gasteiger partial charge in [-0.25, -0.2) is 0 Å². The summed E-state index contributed by atoms with van der Waals surface area (Å²) in [6.07, 6.45) is 5.44. The summed E-state index contributed by atoms with van der Waals surface area (Å²) in [7, 11) is 0. The highest BCUT2D eigenvalue weighted by molar-refractivity contribution is 5.15. The van der Waals surface area contributed by atoms with Gasteiger partial charge in [0.2, 0.25) is 0 Å². The molecule has 2 atom stereocenters. The molecule has 2 nitrogen and oxygen atoms in total. The molecule has 0 radical (unpaired) electrons. The Morgan fingerprint density at radius 3 is 2.88 bits per heavy atom. The van der Waals surface area contributed by atoms with E-state index in [1.54, 1.807) is 0 Å². The van der Waals surface area contributed by atoms with Crippen LogP contribution >= 0.6 is 0 Å². The molecule has 2 saturated heterocycles. The van der Waals surface area contributed by atoms with Crippen molar-refractivity contribution in [3.63, 3.8) is 0 Å². The Morgan fingerprint density at radius 2 is 2.00 bits per heavy atom. The van der Waals surface area contributed by atoms with Crippen LogP contribution in [0.25, 0.3) is 0 Å². The van der Waals surface area contributed by atoms with E-state index in [-0.39, 0.29) is 0 Å². The summed E-state index contributed by atoms with van der Waals surface area (Å²) >= 11 is 0.